The number of hydrogen-bond donors (Lipinski definition) is 0. The Kier molecular flexibility index (Phi) is 8.35. The van der Waals surface area contributed by atoms with Crippen LogP contribution in [-0.4, -0.2) is 25.4 Å². The summed E-state index contributed by atoms with van der Waals surface area (Å²) in [6.45, 7) is 0. The van der Waals surface area contributed by atoms with Gasteiger partial charge in [-0.15, -0.1) is 0 Å². The molecular formula is C15H19BrLiO3P. The number of carbonyl (C=O) groups excluding carboxylic acids is 1. The maximum atomic E-state index is 12.6. The maximum absolute atomic E-state index is 12.6. The van der Waals surface area contributed by atoms with Crippen molar-refractivity contribution < 1.29 is 33.1 Å². The molecule has 0 amide bonds. The Morgan fingerprint density at radius 1 is 1.19 bits per heavy atom. The summed E-state index contributed by atoms with van der Waals surface area (Å²) in [7, 11) is 4.02. The molecule has 0 heterocycles. The van der Waals surface area contributed by atoms with E-state index in [2.05, 4.69) is 15.9 Å². The number of methoxy groups -OCH3 is 2. The molecule has 1 aliphatic rings. The van der Waals surface area contributed by atoms with E-state index in [1.807, 2.05) is 6.07 Å². The van der Waals surface area contributed by atoms with Crippen LogP contribution in [0.25, 0.3) is 0 Å². The van der Waals surface area contributed by atoms with Crippen LogP contribution in [0, 0.1) is 0 Å². The van der Waals surface area contributed by atoms with Gasteiger partial charge in [-0.05, 0) is 28.1 Å². The second kappa shape index (κ2) is 9.21. The summed E-state index contributed by atoms with van der Waals surface area (Å²) in [5, 5.41) is 0. The fourth-order valence-corrected chi connectivity index (χ4v) is 4.34. The molecule has 0 aliphatic heterocycles. The van der Waals surface area contributed by atoms with Crippen molar-refractivity contribution in [2.75, 3.05) is 14.2 Å². The molecule has 0 radical (unpaired) electrons. The van der Waals surface area contributed by atoms with Crippen molar-refractivity contribution in [3.63, 3.8) is 0 Å². The van der Waals surface area contributed by atoms with Gasteiger partial charge in [0.1, 0.15) is 11.5 Å². The molecule has 1 aromatic rings. The van der Waals surface area contributed by atoms with Gasteiger partial charge in [-0.2, -0.15) is 5.66 Å². The molecule has 0 unspecified atom stereocenters. The Bertz CT molecular complexity index is 490. The van der Waals surface area contributed by atoms with Crippen LogP contribution in [0.2, 0.25) is 0 Å². The molecule has 3 nitrogen and oxygen atoms in total. The molecule has 0 spiro atoms. The van der Waals surface area contributed by atoms with Gasteiger partial charge in [0.15, 0.2) is 0 Å². The van der Waals surface area contributed by atoms with Crippen molar-refractivity contribution in [3.8, 4) is 11.5 Å². The molecule has 1 fully saturated rings. The summed E-state index contributed by atoms with van der Waals surface area (Å²) in [6.07, 6.45) is 6.05. The number of carbonyl (C=O) groups is 1. The number of ether oxygens (including phenoxy) is 2. The molecule has 1 aliphatic carbocycles. The quantitative estimate of drug-likeness (QED) is 0.591. The van der Waals surface area contributed by atoms with Gasteiger partial charge in [-0.1, -0.05) is 32.1 Å². The van der Waals surface area contributed by atoms with E-state index in [1.54, 1.807) is 20.3 Å². The molecule has 0 atom stereocenters. The standard InChI is InChI=1S/C15H19BrO3P.Li/c1-18-12-9-8-11(16)14(19-2)13(12)15(17)20-10-6-4-3-5-7-10;/h8-10H,3-7H2,1-2H3;/q-1;+1. The van der Waals surface area contributed by atoms with E-state index in [1.165, 1.54) is 19.3 Å². The second-order valence-corrected chi connectivity index (χ2v) is 7.13. The van der Waals surface area contributed by atoms with Crippen LogP contribution < -0.4 is 28.3 Å². The average molecular weight is 365 g/mol. The minimum absolute atomic E-state index is 0. The van der Waals surface area contributed by atoms with Crippen molar-refractivity contribution >= 4 is 30.0 Å². The van der Waals surface area contributed by atoms with Crippen molar-refractivity contribution in [1.29, 1.82) is 0 Å². The van der Waals surface area contributed by atoms with Crippen molar-refractivity contribution in [1.82, 2.24) is 0 Å². The van der Waals surface area contributed by atoms with Crippen molar-refractivity contribution in [2.45, 2.75) is 37.8 Å². The van der Waals surface area contributed by atoms with Gasteiger partial charge in [0, 0.05) is 5.52 Å². The molecule has 21 heavy (non-hydrogen) atoms. The SMILES string of the molecule is COc1ccc(Br)c(OC)c1C(=O)[P-]C1CCCCC1.[Li+]. The van der Waals surface area contributed by atoms with Crippen LogP contribution in [-0.2, 0) is 0 Å². The minimum atomic E-state index is 0. The van der Waals surface area contributed by atoms with Crippen molar-refractivity contribution in [2.24, 2.45) is 0 Å². The van der Waals surface area contributed by atoms with Crippen molar-refractivity contribution in [3.05, 3.63) is 22.2 Å². The predicted molar refractivity (Wildman–Crippen MR) is 85.4 cm³/mol. The smallest absolute Gasteiger partial charge is 0.496 e. The molecule has 0 aromatic heterocycles. The Labute approximate surface area is 148 Å². The number of benzene rings is 1. The summed E-state index contributed by atoms with van der Waals surface area (Å²) >= 11 is 3.43. The summed E-state index contributed by atoms with van der Waals surface area (Å²) < 4.78 is 11.5. The Balaban J connectivity index is 0.00000220. The van der Waals surface area contributed by atoms with E-state index >= 15 is 0 Å². The van der Waals surface area contributed by atoms with E-state index < -0.39 is 0 Å². The summed E-state index contributed by atoms with van der Waals surface area (Å²) in [6, 6.07) is 3.64. The summed E-state index contributed by atoms with van der Waals surface area (Å²) in [5.74, 6) is 1.15. The van der Waals surface area contributed by atoms with Crippen LogP contribution in [0.1, 0.15) is 42.5 Å². The monoisotopic (exact) mass is 364 g/mol. The number of halogens is 1. The van der Waals surface area contributed by atoms with Gasteiger partial charge < -0.3 is 22.8 Å². The molecule has 1 saturated carbocycles. The van der Waals surface area contributed by atoms with E-state index in [9.17, 15) is 4.79 Å². The van der Waals surface area contributed by atoms with Gasteiger partial charge in [0.25, 0.3) is 0 Å². The van der Waals surface area contributed by atoms with E-state index in [0.29, 0.717) is 22.7 Å². The molecule has 6 heteroatoms. The fourth-order valence-electron chi connectivity index (χ4n) is 2.55. The molecule has 1 aromatic carbocycles. The van der Waals surface area contributed by atoms with Gasteiger partial charge in [0.2, 0.25) is 0 Å². The van der Waals surface area contributed by atoms with Gasteiger partial charge >= 0.3 is 18.9 Å². The van der Waals surface area contributed by atoms with Crippen LogP contribution in [0.5, 0.6) is 11.5 Å². The third kappa shape index (κ3) is 4.73. The van der Waals surface area contributed by atoms with Gasteiger partial charge in [-0.25, -0.2) is 0 Å². The molecule has 0 N–H and O–H groups in total. The summed E-state index contributed by atoms with van der Waals surface area (Å²) in [5.41, 5.74) is 1.12. The third-order valence-corrected chi connectivity index (χ3v) is 5.55. The zero-order valence-electron chi connectivity index (χ0n) is 12.8. The first-order valence-electron chi connectivity index (χ1n) is 6.83. The molecular weight excluding hydrogens is 346 g/mol. The Morgan fingerprint density at radius 2 is 1.86 bits per heavy atom. The first-order chi connectivity index (χ1) is 9.67. The first-order valence-corrected chi connectivity index (χ1v) is 8.58. The first kappa shape index (κ1) is 19.0. The number of hydrogen-bond acceptors (Lipinski definition) is 3. The normalized spacial score (nSPS) is 15.8. The van der Waals surface area contributed by atoms with Gasteiger partial charge in [-0.3, -0.25) is 0 Å². The Morgan fingerprint density at radius 3 is 2.43 bits per heavy atom. The summed E-state index contributed by atoms with van der Waals surface area (Å²) in [4.78, 5) is 12.6. The van der Waals surface area contributed by atoms with Crippen LogP contribution in [0.3, 0.4) is 0 Å². The molecule has 2 rings (SSSR count). The second-order valence-electron chi connectivity index (χ2n) is 4.88. The Hall–Kier alpha value is -0.00260. The topological polar surface area (TPSA) is 35.5 Å². The molecule has 0 saturated heterocycles. The molecule has 110 valence electrons. The largest absolute Gasteiger partial charge is 1.00 e. The van der Waals surface area contributed by atoms with Crippen LogP contribution in [0.15, 0.2) is 16.6 Å². The average Bonchev–Trinajstić information content (AvgIpc) is 2.47. The maximum Gasteiger partial charge on any atom is 1.00 e. The fraction of sp³-hybridized carbons (Fsp3) is 0.533. The third-order valence-electron chi connectivity index (χ3n) is 3.58. The zero-order chi connectivity index (χ0) is 14.5. The number of rotatable bonds is 5. The van der Waals surface area contributed by atoms with E-state index in [-0.39, 0.29) is 24.4 Å². The van der Waals surface area contributed by atoms with Crippen LogP contribution in [0.4, 0.5) is 0 Å². The zero-order valence-corrected chi connectivity index (χ0v) is 15.3. The molecule has 0 bridgehead atoms. The van der Waals surface area contributed by atoms with E-state index in [0.717, 1.165) is 25.9 Å². The predicted octanol–water partition coefficient (Wildman–Crippen LogP) is 1.89. The minimum Gasteiger partial charge on any atom is -0.496 e. The van der Waals surface area contributed by atoms with Crippen LogP contribution >= 0.6 is 24.5 Å². The van der Waals surface area contributed by atoms with Gasteiger partial charge in [0.05, 0.1) is 24.3 Å². The van der Waals surface area contributed by atoms with E-state index in [4.69, 9.17) is 9.47 Å².